The van der Waals surface area contributed by atoms with Gasteiger partial charge in [0.25, 0.3) is 0 Å². The topological polar surface area (TPSA) is 106 Å². The van der Waals surface area contributed by atoms with Gasteiger partial charge in [0.15, 0.2) is 11.6 Å². The van der Waals surface area contributed by atoms with Crippen LogP contribution in [0.2, 0.25) is 5.02 Å². The maximum Gasteiger partial charge on any atom is 0.410 e. The molecule has 1 unspecified atom stereocenters. The molecule has 10 nitrogen and oxygen atoms in total. The van der Waals surface area contributed by atoms with Crippen molar-refractivity contribution in [2.24, 2.45) is 0 Å². The Kier molecular flexibility index (Phi) is 6.80. The number of nitrogens with one attached hydrogen (secondary N) is 1. The van der Waals surface area contributed by atoms with Crippen LogP contribution in [0, 0.1) is 5.82 Å². The van der Waals surface area contributed by atoms with Crippen LogP contribution in [0.3, 0.4) is 0 Å². The zero-order valence-electron chi connectivity index (χ0n) is 20.8. The fraction of sp³-hybridized carbons (Fsp3) is 0.458. The molecule has 3 fully saturated rings. The summed E-state index contributed by atoms with van der Waals surface area (Å²) in [5.41, 5.74) is 0.0410. The molecular formula is C24H25ClF3N7O3. The van der Waals surface area contributed by atoms with E-state index < -0.39 is 28.8 Å². The number of rotatable bonds is 5. The zero-order chi connectivity index (χ0) is 27.2. The SMILES string of the molecule is CC(C)(C)OC(=O)N1CC2CC[C@@H]1CN2c1ncc2ncnc(Nc3ccc(OC(F)F)c(Cl)c3F)c2n1. The van der Waals surface area contributed by atoms with Gasteiger partial charge < -0.3 is 24.6 Å². The number of benzene rings is 1. The minimum absolute atomic E-state index is 0.00959. The number of carbonyl (C=O) groups excluding carboxylic acids is 1. The monoisotopic (exact) mass is 551 g/mol. The third kappa shape index (κ3) is 5.19. The molecule has 5 heterocycles. The van der Waals surface area contributed by atoms with E-state index in [1.807, 2.05) is 25.7 Å². The van der Waals surface area contributed by atoms with Gasteiger partial charge in [-0.15, -0.1) is 0 Å². The van der Waals surface area contributed by atoms with Crippen LogP contribution in [0.1, 0.15) is 33.6 Å². The van der Waals surface area contributed by atoms with Crippen molar-refractivity contribution in [2.45, 2.75) is 57.9 Å². The molecule has 3 aliphatic rings. The Hall–Kier alpha value is -3.61. The number of halogens is 4. The van der Waals surface area contributed by atoms with E-state index in [1.165, 1.54) is 12.4 Å². The second-order valence-corrected chi connectivity index (χ2v) is 10.4. The second-order valence-electron chi connectivity index (χ2n) is 10.0. The van der Waals surface area contributed by atoms with Gasteiger partial charge in [0, 0.05) is 19.1 Å². The van der Waals surface area contributed by atoms with Crippen molar-refractivity contribution < 1.29 is 27.4 Å². The molecule has 0 aliphatic carbocycles. The Morgan fingerprint density at radius 1 is 1.16 bits per heavy atom. The molecule has 1 N–H and O–H groups in total. The van der Waals surface area contributed by atoms with E-state index >= 15 is 0 Å². The fourth-order valence-electron chi connectivity index (χ4n) is 4.64. The summed E-state index contributed by atoms with van der Waals surface area (Å²) in [4.78, 5) is 34.0. The molecule has 0 spiro atoms. The van der Waals surface area contributed by atoms with Crippen LogP contribution in [0.4, 0.5) is 35.4 Å². The third-order valence-corrected chi connectivity index (χ3v) is 6.65. The molecule has 1 amide bonds. The van der Waals surface area contributed by atoms with Gasteiger partial charge in [-0.3, -0.25) is 0 Å². The molecule has 0 saturated carbocycles. The van der Waals surface area contributed by atoms with Crippen LogP contribution in [0.15, 0.2) is 24.7 Å². The molecule has 0 radical (unpaired) electrons. The number of carbonyl (C=O) groups is 1. The summed E-state index contributed by atoms with van der Waals surface area (Å²) in [5.74, 6) is -0.870. The van der Waals surface area contributed by atoms with E-state index in [9.17, 15) is 18.0 Å². The minimum Gasteiger partial charge on any atom is -0.444 e. The number of piperidine rings is 2. The highest BCUT2D eigenvalue weighted by Gasteiger charge is 2.43. The van der Waals surface area contributed by atoms with Gasteiger partial charge in [-0.25, -0.2) is 29.1 Å². The third-order valence-electron chi connectivity index (χ3n) is 6.30. The number of aromatic nitrogens is 4. The van der Waals surface area contributed by atoms with Gasteiger partial charge in [-0.1, -0.05) is 11.6 Å². The number of anilines is 3. The van der Waals surface area contributed by atoms with Crippen LogP contribution >= 0.6 is 11.6 Å². The molecule has 6 rings (SSSR count). The summed E-state index contributed by atoms with van der Waals surface area (Å²) >= 11 is 5.88. The van der Waals surface area contributed by atoms with Crippen molar-refractivity contribution >= 4 is 46.2 Å². The number of hydrogen-bond acceptors (Lipinski definition) is 9. The van der Waals surface area contributed by atoms with Gasteiger partial charge in [0.05, 0.1) is 17.9 Å². The highest BCUT2D eigenvalue weighted by Crippen LogP contribution is 2.36. The molecule has 2 bridgehead atoms. The molecule has 38 heavy (non-hydrogen) atoms. The first-order valence-electron chi connectivity index (χ1n) is 11.9. The standard InChI is InChI=1S/C24H25ClF3N7O3/c1-24(2,3)38-23(36)35-10-12-4-5-13(35)9-34(12)22-29-8-15-19(33-22)20(31-11-30-15)32-14-6-7-16(37-21(27)28)17(25)18(14)26/h6-8,11-13,21H,4-5,9-10H2,1-3H3,(H,30,31,32)/t12?,13-/m1/s1. The molecule has 1 aromatic carbocycles. The number of ether oxygens (including phenoxy) is 2. The van der Waals surface area contributed by atoms with Crippen LogP contribution in [-0.2, 0) is 4.74 Å². The van der Waals surface area contributed by atoms with Crippen molar-refractivity contribution in [3.05, 3.63) is 35.5 Å². The van der Waals surface area contributed by atoms with Gasteiger partial charge >= 0.3 is 12.7 Å². The quantitative estimate of drug-likeness (QED) is 0.461. The molecule has 3 saturated heterocycles. The van der Waals surface area contributed by atoms with Crippen LogP contribution in [0.25, 0.3) is 11.0 Å². The Bertz CT molecular complexity index is 1370. The molecule has 3 aromatic rings. The molecule has 202 valence electrons. The lowest BCUT2D eigenvalue weighted by Gasteiger charge is -2.51. The minimum atomic E-state index is -3.15. The first kappa shape index (κ1) is 26.0. The Morgan fingerprint density at radius 2 is 1.92 bits per heavy atom. The summed E-state index contributed by atoms with van der Waals surface area (Å²) < 4.78 is 49.7. The summed E-state index contributed by atoms with van der Waals surface area (Å²) in [6, 6.07) is 2.28. The van der Waals surface area contributed by atoms with Gasteiger partial charge in [-0.05, 0) is 45.7 Å². The van der Waals surface area contributed by atoms with Crippen molar-refractivity contribution in [2.75, 3.05) is 23.3 Å². The van der Waals surface area contributed by atoms with Crippen LogP contribution < -0.4 is 15.0 Å². The molecule has 3 aliphatic heterocycles. The predicted octanol–water partition coefficient (Wildman–Crippen LogP) is 5.15. The molecule has 14 heteroatoms. The summed E-state index contributed by atoms with van der Waals surface area (Å²) in [5, 5.41) is 2.22. The zero-order valence-corrected chi connectivity index (χ0v) is 21.5. The number of hydrogen-bond donors (Lipinski definition) is 1. The van der Waals surface area contributed by atoms with Gasteiger partial charge in [0.2, 0.25) is 5.95 Å². The Morgan fingerprint density at radius 3 is 2.61 bits per heavy atom. The van der Waals surface area contributed by atoms with E-state index in [2.05, 4.69) is 30.0 Å². The lowest BCUT2D eigenvalue weighted by Crippen LogP contribution is -2.64. The second kappa shape index (κ2) is 9.93. The number of amides is 1. The van der Waals surface area contributed by atoms with E-state index in [0.29, 0.717) is 30.1 Å². The largest absolute Gasteiger partial charge is 0.444 e. The van der Waals surface area contributed by atoms with Crippen LogP contribution in [0.5, 0.6) is 5.75 Å². The van der Waals surface area contributed by atoms with Crippen molar-refractivity contribution in [1.82, 2.24) is 24.8 Å². The Balaban J connectivity index is 1.40. The van der Waals surface area contributed by atoms with Crippen molar-refractivity contribution in [3.63, 3.8) is 0 Å². The number of piperazine rings is 1. The van der Waals surface area contributed by atoms with Crippen LogP contribution in [-0.4, -0.2) is 68.3 Å². The average molecular weight is 552 g/mol. The first-order chi connectivity index (χ1) is 18.0. The van der Waals surface area contributed by atoms with Gasteiger partial charge in [0.1, 0.15) is 33.7 Å². The van der Waals surface area contributed by atoms with E-state index in [1.54, 1.807) is 11.1 Å². The lowest BCUT2D eigenvalue weighted by molar-refractivity contribution is -0.0499. The van der Waals surface area contributed by atoms with Crippen molar-refractivity contribution in [1.29, 1.82) is 0 Å². The smallest absolute Gasteiger partial charge is 0.410 e. The molecule has 2 aromatic heterocycles. The maximum atomic E-state index is 14.8. The highest BCUT2D eigenvalue weighted by molar-refractivity contribution is 6.32. The predicted molar refractivity (Wildman–Crippen MR) is 134 cm³/mol. The van der Waals surface area contributed by atoms with E-state index in [0.717, 1.165) is 18.9 Å². The molecular weight excluding hydrogens is 527 g/mol. The summed E-state index contributed by atoms with van der Waals surface area (Å²) in [6.07, 6.45) is 4.18. The summed E-state index contributed by atoms with van der Waals surface area (Å²) in [7, 11) is 0. The average Bonchev–Trinajstić information content (AvgIpc) is 2.87. The number of nitrogens with zero attached hydrogens (tertiary/aromatic N) is 6. The number of fused-ring (bicyclic) bond motifs is 4. The normalized spacial score (nSPS) is 19.3. The van der Waals surface area contributed by atoms with E-state index in [4.69, 9.17) is 16.3 Å². The first-order valence-corrected chi connectivity index (χ1v) is 12.3. The Labute approximate surface area is 221 Å². The number of alkyl halides is 2. The van der Waals surface area contributed by atoms with Gasteiger partial charge in [-0.2, -0.15) is 8.78 Å². The molecule has 2 atom stereocenters. The van der Waals surface area contributed by atoms with E-state index in [-0.39, 0.29) is 29.7 Å². The lowest BCUT2D eigenvalue weighted by atomic mass is 9.91. The highest BCUT2D eigenvalue weighted by atomic mass is 35.5. The fourth-order valence-corrected chi connectivity index (χ4v) is 4.84. The summed E-state index contributed by atoms with van der Waals surface area (Å²) in [6.45, 7) is 3.37. The van der Waals surface area contributed by atoms with Crippen molar-refractivity contribution in [3.8, 4) is 5.75 Å². The maximum absolute atomic E-state index is 14.8.